The molecule has 4 heterocycles. The third kappa shape index (κ3) is 3.25. The number of nitrogen functional groups attached to an aromatic ring is 1. The van der Waals surface area contributed by atoms with E-state index in [0.29, 0.717) is 22.9 Å². The molecule has 0 radical (unpaired) electrons. The summed E-state index contributed by atoms with van der Waals surface area (Å²) in [5, 5.41) is 26.9. The zero-order valence-electron chi connectivity index (χ0n) is 15.7. The van der Waals surface area contributed by atoms with Gasteiger partial charge >= 0.3 is 0 Å². The number of nitrogens with zero attached hydrogens (tertiary/aromatic N) is 7. The lowest BCUT2D eigenvalue weighted by molar-refractivity contribution is 0.473. The van der Waals surface area contributed by atoms with Gasteiger partial charge in [0.05, 0.1) is 17.8 Å². The van der Waals surface area contributed by atoms with Gasteiger partial charge < -0.3 is 16.2 Å². The Hall–Kier alpha value is -4.26. The van der Waals surface area contributed by atoms with Gasteiger partial charge in [0.1, 0.15) is 41.0 Å². The lowest BCUT2D eigenvalue weighted by Gasteiger charge is -2.16. The normalized spacial score (nSPS) is 11.9. The second kappa shape index (κ2) is 7.05. The lowest BCUT2D eigenvalue weighted by atomic mass is 10.1. The van der Waals surface area contributed by atoms with Crippen LogP contribution in [0.1, 0.15) is 29.9 Å². The van der Waals surface area contributed by atoms with Crippen molar-refractivity contribution in [2.45, 2.75) is 19.9 Å². The molecule has 1 atom stereocenters. The lowest BCUT2D eigenvalue weighted by Crippen LogP contribution is -2.16. The van der Waals surface area contributed by atoms with Gasteiger partial charge in [-0.1, -0.05) is 0 Å². The molecule has 10 heteroatoms. The maximum Gasteiger partial charge on any atom is 0.171 e. The molecule has 0 aliphatic carbocycles. The summed E-state index contributed by atoms with van der Waals surface area (Å²) in [7, 11) is 0. The van der Waals surface area contributed by atoms with E-state index in [9.17, 15) is 10.4 Å². The van der Waals surface area contributed by atoms with Crippen LogP contribution in [0.2, 0.25) is 0 Å². The van der Waals surface area contributed by atoms with Crippen molar-refractivity contribution in [2.75, 3.05) is 11.1 Å². The molecule has 0 fully saturated rings. The van der Waals surface area contributed by atoms with Crippen molar-refractivity contribution in [3.8, 4) is 23.1 Å². The van der Waals surface area contributed by atoms with Gasteiger partial charge in [-0.25, -0.2) is 19.5 Å². The molecule has 0 aliphatic rings. The van der Waals surface area contributed by atoms with Gasteiger partial charge in [0.25, 0.3) is 0 Å². The molecule has 10 nitrogen and oxygen atoms in total. The Kier molecular flexibility index (Phi) is 4.40. The zero-order valence-corrected chi connectivity index (χ0v) is 15.7. The number of nitrogens with two attached hydrogens (primary N) is 1. The van der Waals surface area contributed by atoms with Crippen molar-refractivity contribution in [3.05, 3.63) is 54.0 Å². The highest BCUT2D eigenvalue weighted by atomic mass is 16.3. The number of fused-ring (bicyclic) bond motifs is 1. The SMILES string of the molecule is Cc1ccn2nc([C@H](C)Nc3ncnc(N)c3C#N)nc(-c3cncc(O)c3)c12. The first-order valence-corrected chi connectivity index (χ1v) is 8.75. The van der Waals surface area contributed by atoms with Crippen LogP contribution in [0.25, 0.3) is 16.8 Å². The van der Waals surface area contributed by atoms with E-state index in [1.165, 1.54) is 12.5 Å². The quantitative estimate of drug-likeness (QED) is 0.478. The summed E-state index contributed by atoms with van der Waals surface area (Å²) < 4.78 is 1.73. The molecular weight excluding hydrogens is 370 g/mol. The van der Waals surface area contributed by atoms with Crippen LogP contribution >= 0.6 is 0 Å². The third-order valence-corrected chi connectivity index (χ3v) is 4.46. The molecule has 0 amide bonds. The first kappa shape index (κ1) is 18.1. The van der Waals surface area contributed by atoms with Gasteiger partial charge in [-0.2, -0.15) is 10.4 Å². The van der Waals surface area contributed by atoms with Crippen LogP contribution in [0.15, 0.2) is 37.1 Å². The molecule has 144 valence electrons. The van der Waals surface area contributed by atoms with E-state index in [-0.39, 0.29) is 17.1 Å². The molecule has 0 saturated heterocycles. The topological polar surface area (TPSA) is 151 Å². The monoisotopic (exact) mass is 387 g/mol. The zero-order chi connectivity index (χ0) is 20.5. The van der Waals surface area contributed by atoms with E-state index in [4.69, 9.17) is 10.7 Å². The predicted molar refractivity (Wildman–Crippen MR) is 106 cm³/mol. The van der Waals surface area contributed by atoms with Gasteiger partial charge in [0.2, 0.25) is 0 Å². The Labute approximate surface area is 165 Å². The minimum Gasteiger partial charge on any atom is -0.506 e. The second-order valence-electron chi connectivity index (χ2n) is 6.50. The number of hydrogen-bond acceptors (Lipinski definition) is 9. The van der Waals surface area contributed by atoms with E-state index < -0.39 is 6.04 Å². The van der Waals surface area contributed by atoms with E-state index in [2.05, 4.69) is 25.4 Å². The first-order chi connectivity index (χ1) is 14.0. The Bertz CT molecular complexity index is 1260. The average Bonchev–Trinajstić information content (AvgIpc) is 3.08. The van der Waals surface area contributed by atoms with Crippen LogP contribution in [0.5, 0.6) is 5.75 Å². The van der Waals surface area contributed by atoms with E-state index >= 15 is 0 Å². The number of nitriles is 1. The summed E-state index contributed by atoms with van der Waals surface area (Å²) in [4.78, 5) is 16.7. The number of nitrogens with one attached hydrogen (secondary N) is 1. The van der Waals surface area contributed by atoms with Crippen molar-refractivity contribution in [3.63, 3.8) is 0 Å². The minimum absolute atomic E-state index is 0.0475. The highest BCUT2D eigenvalue weighted by Gasteiger charge is 2.19. The smallest absolute Gasteiger partial charge is 0.171 e. The van der Waals surface area contributed by atoms with Crippen molar-refractivity contribution >= 4 is 17.2 Å². The molecule has 0 bridgehead atoms. The summed E-state index contributed by atoms with van der Waals surface area (Å²) in [6, 6.07) is 5.14. The molecule has 0 unspecified atom stereocenters. The van der Waals surface area contributed by atoms with Gasteiger partial charge in [0.15, 0.2) is 5.82 Å². The molecule has 4 aromatic rings. The molecule has 29 heavy (non-hydrogen) atoms. The minimum atomic E-state index is -0.396. The summed E-state index contributed by atoms with van der Waals surface area (Å²) in [5.74, 6) is 0.917. The Morgan fingerprint density at radius 1 is 1.31 bits per heavy atom. The molecule has 4 rings (SSSR count). The Morgan fingerprint density at radius 3 is 2.90 bits per heavy atom. The standard InChI is InChI=1S/C19H17N9O/c1-10-3-4-28-16(10)15(12-5-13(29)8-22-7-12)26-18(27-28)11(2)25-19-14(6-20)17(21)23-9-24-19/h3-5,7-9,11,29H,1-2H3,(H3,21,23,24,25)/t11-/m0/s1. The maximum absolute atomic E-state index is 9.84. The third-order valence-electron chi connectivity index (χ3n) is 4.46. The molecule has 0 aromatic carbocycles. The number of rotatable bonds is 4. The Morgan fingerprint density at radius 2 is 2.14 bits per heavy atom. The van der Waals surface area contributed by atoms with Crippen LogP contribution in [0, 0.1) is 18.3 Å². The second-order valence-corrected chi connectivity index (χ2v) is 6.50. The maximum atomic E-state index is 9.84. The number of aryl methyl sites for hydroxylation is 1. The molecule has 0 saturated carbocycles. The van der Waals surface area contributed by atoms with Crippen LogP contribution in [0.3, 0.4) is 0 Å². The van der Waals surface area contributed by atoms with Gasteiger partial charge in [-0.05, 0) is 31.5 Å². The fourth-order valence-corrected chi connectivity index (χ4v) is 3.03. The molecule has 0 aliphatic heterocycles. The summed E-state index contributed by atoms with van der Waals surface area (Å²) >= 11 is 0. The van der Waals surface area contributed by atoms with Crippen molar-refractivity contribution in [1.82, 2.24) is 29.5 Å². The van der Waals surface area contributed by atoms with Crippen molar-refractivity contribution < 1.29 is 5.11 Å². The largest absolute Gasteiger partial charge is 0.506 e. The summed E-state index contributed by atoms with van der Waals surface area (Å²) in [6.07, 6.45) is 6.12. The van der Waals surface area contributed by atoms with Gasteiger partial charge in [-0.3, -0.25) is 4.98 Å². The predicted octanol–water partition coefficient (Wildman–Crippen LogP) is 2.22. The van der Waals surface area contributed by atoms with Crippen LogP contribution in [0.4, 0.5) is 11.6 Å². The van der Waals surface area contributed by atoms with E-state index in [0.717, 1.165) is 11.1 Å². The van der Waals surface area contributed by atoms with E-state index in [1.54, 1.807) is 16.8 Å². The number of pyridine rings is 1. The molecular formula is C19H17N9O. The van der Waals surface area contributed by atoms with Crippen molar-refractivity contribution in [2.24, 2.45) is 0 Å². The fraction of sp³-hybridized carbons (Fsp3) is 0.158. The number of hydrogen-bond donors (Lipinski definition) is 3. The molecule has 4 N–H and O–H groups in total. The molecule has 0 spiro atoms. The van der Waals surface area contributed by atoms with Crippen LogP contribution in [-0.4, -0.2) is 34.7 Å². The highest BCUT2D eigenvalue weighted by Crippen LogP contribution is 2.29. The van der Waals surface area contributed by atoms with E-state index in [1.807, 2.05) is 32.2 Å². The fourth-order valence-electron chi connectivity index (χ4n) is 3.03. The number of aromatic hydroxyl groups is 1. The number of anilines is 2. The molecule has 4 aromatic heterocycles. The highest BCUT2D eigenvalue weighted by molar-refractivity contribution is 5.79. The van der Waals surface area contributed by atoms with Crippen LogP contribution in [-0.2, 0) is 0 Å². The first-order valence-electron chi connectivity index (χ1n) is 8.75. The van der Waals surface area contributed by atoms with Crippen molar-refractivity contribution in [1.29, 1.82) is 5.26 Å². The average molecular weight is 387 g/mol. The summed E-state index contributed by atoms with van der Waals surface area (Å²) in [5.41, 5.74) is 9.03. The Balaban J connectivity index is 1.81. The van der Waals surface area contributed by atoms with Crippen LogP contribution < -0.4 is 11.1 Å². The number of aromatic nitrogens is 6. The van der Waals surface area contributed by atoms with Gasteiger partial charge in [-0.15, -0.1) is 0 Å². The van der Waals surface area contributed by atoms with Gasteiger partial charge in [0, 0.05) is 18.0 Å². The summed E-state index contributed by atoms with van der Waals surface area (Å²) in [6.45, 7) is 3.81.